The molecule has 0 saturated carbocycles. The molecule has 0 aliphatic heterocycles. The summed E-state index contributed by atoms with van der Waals surface area (Å²) >= 11 is 1.13. The molecule has 2 aromatic rings. The molecule has 9 heteroatoms. The Balaban J connectivity index is 2.09. The summed E-state index contributed by atoms with van der Waals surface area (Å²) in [6.07, 6.45) is 0. The second-order valence-electron chi connectivity index (χ2n) is 5.29. The van der Waals surface area contributed by atoms with E-state index >= 15 is 0 Å². The maximum absolute atomic E-state index is 12.1. The highest BCUT2D eigenvalue weighted by molar-refractivity contribution is 8.00. The lowest BCUT2D eigenvalue weighted by molar-refractivity contribution is -0.384. The highest BCUT2D eigenvalue weighted by Gasteiger charge is 2.14. The highest BCUT2D eigenvalue weighted by atomic mass is 32.2. The van der Waals surface area contributed by atoms with Gasteiger partial charge in [0.05, 0.1) is 22.8 Å². The third kappa shape index (κ3) is 5.02. The van der Waals surface area contributed by atoms with Crippen molar-refractivity contribution in [3.63, 3.8) is 0 Å². The second kappa shape index (κ2) is 8.94. The fourth-order valence-corrected chi connectivity index (χ4v) is 3.10. The molecule has 0 bridgehead atoms. The van der Waals surface area contributed by atoms with Gasteiger partial charge in [-0.15, -0.1) is 0 Å². The lowest BCUT2D eigenvalue weighted by Crippen LogP contribution is -2.14. The lowest BCUT2D eigenvalue weighted by Gasteiger charge is -2.10. The molecule has 1 aromatic carbocycles. The molecule has 0 spiro atoms. The van der Waals surface area contributed by atoms with Crippen LogP contribution in [0.4, 0.5) is 11.4 Å². The molecule has 1 aromatic heterocycles. The van der Waals surface area contributed by atoms with Crippen molar-refractivity contribution in [2.24, 2.45) is 0 Å². The number of nitro benzene ring substituents is 1. The number of hydrogen-bond acceptors (Lipinski definition) is 7. The van der Waals surface area contributed by atoms with Crippen LogP contribution in [0.1, 0.15) is 16.8 Å². The van der Waals surface area contributed by atoms with Gasteiger partial charge < -0.3 is 10.1 Å². The molecule has 0 fully saturated rings. The standard InChI is InChI=1S/C17H16N4O4S/c1-11-6-12(9-25-2)15(8-18)17(19-11)26-10-16(22)20-13-4-3-5-14(7-13)21(23)24/h3-7H,9-10H2,1-2H3,(H,20,22). The first-order valence-electron chi connectivity index (χ1n) is 7.51. The van der Waals surface area contributed by atoms with Gasteiger partial charge in [-0.2, -0.15) is 5.26 Å². The van der Waals surface area contributed by atoms with Gasteiger partial charge in [-0.25, -0.2) is 4.98 Å². The minimum absolute atomic E-state index is 0.0141. The number of aryl methyl sites for hydroxylation is 1. The van der Waals surface area contributed by atoms with Crippen molar-refractivity contribution < 1.29 is 14.5 Å². The second-order valence-corrected chi connectivity index (χ2v) is 6.26. The number of nitrogens with zero attached hydrogens (tertiary/aromatic N) is 3. The summed E-state index contributed by atoms with van der Waals surface area (Å²) in [4.78, 5) is 26.7. The van der Waals surface area contributed by atoms with E-state index in [-0.39, 0.29) is 24.0 Å². The zero-order chi connectivity index (χ0) is 19.1. The monoisotopic (exact) mass is 372 g/mol. The molecular formula is C17H16N4O4S. The molecule has 8 nitrogen and oxygen atoms in total. The van der Waals surface area contributed by atoms with Gasteiger partial charge in [-0.3, -0.25) is 14.9 Å². The molecule has 0 saturated heterocycles. The Labute approximate surface area is 154 Å². The quantitative estimate of drug-likeness (QED) is 0.451. The van der Waals surface area contributed by atoms with Gasteiger partial charge >= 0.3 is 0 Å². The van der Waals surface area contributed by atoms with Gasteiger partial charge in [-0.05, 0) is 24.6 Å². The Hall–Kier alpha value is -2.96. The van der Waals surface area contributed by atoms with Gasteiger partial charge in [0.25, 0.3) is 5.69 Å². The smallest absolute Gasteiger partial charge is 0.271 e. The maximum Gasteiger partial charge on any atom is 0.271 e. The first-order valence-corrected chi connectivity index (χ1v) is 8.49. The number of nitrogens with one attached hydrogen (secondary N) is 1. The van der Waals surface area contributed by atoms with Crippen molar-refractivity contribution in [3.8, 4) is 6.07 Å². The third-order valence-electron chi connectivity index (χ3n) is 3.29. The van der Waals surface area contributed by atoms with Gasteiger partial charge in [0.1, 0.15) is 11.1 Å². The third-order valence-corrected chi connectivity index (χ3v) is 4.26. The fraction of sp³-hybridized carbons (Fsp3) is 0.235. The SMILES string of the molecule is COCc1cc(C)nc(SCC(=O)Nc2cccc([N+](=O)[O-])c2)c1C#N. The normalized spacial score (nSPS) is 10.2. The van der Waals surface area contributed by atoms with Crippen LogP contribution in [0.5, 0.6) is 0 Å². The highest BCUT2D eigenvalue weighted by Crippen LogP contribution is 2.25. The van der Waals surface area contributed by atoms with Crippen molar-refractivity contribution >= 4 is 29.0 Å². The van der Waals surface area contributed by atoms with E-state index in [9.17, 15) is 20.2 Å². The molecule has 26 heavy (non-hydrogen) atoms. The number of amides is 1. The summed E-state index contributed by atoms with van der Waals surface area (Å²) in [5, 5.41) is 23.2. The van der Waals surface area contributed by atoms with E-state index in [1.807, 2.05) is 0 Å². The molecule has 0 atom stereocenters. The number of hydrogen-bond donors (Lipinski definition) is 1. The molecule has 0 radical (unpaired) electrons. The average Bonchev–Trinajstić information content (AvgIpc) is 2.60. The zero-order valence-electron chi connectivity index (χ0n) is 14.2. The largest absolute Gasteiger partial charge is 0.380 e. The van der Waals surface area contributed by atoms with E-state index in [4.69, 9.17) is 4.74 Å². The number of carbonyl (C=O) groups excluding carboxylic acids is 1. The van der Waals surface area contributed by atoms with E-state index < -0.39 is 4.92 Å². The zero-order valence-corrected chi connectivity index (χ0v) is 15.0. The van der Waals surface area contributed by atoms with Crippen LogP contribution >= 0.6 is 11.8 Å². The van der Waals surface area contributed by atoms with Crippen LogP contribution in [0.2, 0.25) is 0 Å². The molecule has 1 heterocycles. The summed E-state index contributed by atoms with van der Waals surface area (Å²) in [5.41, 5.74) is 2.04. The van der Waals surface area contributed by atoms with Crippen molar-refractivity contribution in [1.82, 2.24) is 4.98 Å². The van der Waals surface area contributed by atoms with Crippen LogP contribution in [0.15, 0.2) is 35.4 Å². The van der Waals surface area contributed by atoms with E-state index in [1.54, 1.807) is 19.1 Å². The molecule has 0 aliphatic carbocycles. The first kappa shape index (κ1) is 19.4. The Kier molecular flexibility index (Phi) is 6.66. The summed E-state index contributed by atoms with van der Waals surface area (Å²) in [6, 6.07) is 9.56. The molecule has 1 N–H and O–H groups in total. The number of non-ortho nitro benzene ring substituents is 1. The van der Waals surface area contributed by atoms with Crippen LogP contribution in [-0.4, -0.2) is 28.7 Å². The average molecular weight is 372 g/mol. The van der Waals surface area contributed by atoms with Crippen molar-refractivity contribution in [3.05, 3.63) is 57.3 Å². The van der Waals surface area contributed by atoms with Gasteiger partial charge in [-0.1, -0.05) is 17.8 Å². The molecular weight excluding hydrogens is 356 g/mol. The Bertz CT molecular complexity index is 880. The summed E-state index contributed by atoms with van der Waals surface area (Å²) in [7, 11) is 1.54. The Morgan fingerprint density at radius 3 is 2.88 bits per heavy atom. The van der Waals surface area contributed by atoms with Crippen molar-refractivity contribution in [2.45, 2.75) is 18.6 Å². The number of methoxy groups -OCH3 is 1. The molecule has 134 valence electrons. The first-order chi connectivity index (χ1) is 12.4. The van der Waals surface area contributed by atoms with E-state index in [1.165, 1.54) is 25.3 Å². The van der Waals surface area contributed by atoms with E-state index in [2.05, 4.69) is 16.4 Å². The number of anilines is 1. The van der Waals surface area contributed by atoms with Gasteiger partial charge in [0.2, 0.25) is 5.91 Å². The van der Waals surface area contributed by atoms with Crippen LogP contribution < -0.4 is 5.32 Å². The van der Waals surface area contributed by atoms with Crippen LogP contribution in [-0.2, 0) is 16.1 Å². The topological polar surface area (TPSA) is 118 Å². The van der Waals surface area contributed by atoms with Crippen LogP contribution in [0.25, 0.3) is 0 Å². The minimum Gasteiger partial charge on any atom is -0.380 e. The van der Waals surface area contributed by atoms with Crippen molar-refractivity contribution in [2.75, 3.05) is 18.2 Å². The Morgan fingerprint density at radius 1 is 1.46 bits per heavy atom. The lowest BCUT2D eigenvalue weighted by atomic mass is 10.1. The summed E-state index contributed by atoms with van der Waals surface area (Å²) in [5.74, 6) is -0.337. The maximum atomic E-state index is 12.1. The molecule has 1 amide bonds. The molecule has 2 rings (SSSR count). The van der Waals surface area contributed by atoms with E-state index in [0.29, 0.717) is 21.8 Å². The van der Waals surface area contributed by atoms with Crippen LogP contribution in [0.3, 0.4) is 0 Å². The van der Waals surface area contributed by atoms with Crippen LogP contribution in [0, 0.1) is 28.4 Å². The number of thioether (sulfide) groups is 1. The molecule has 0 unspecified atom stereocenters. The number of carbonyl (C=O) groups is 1. The molecule has 0 aliphatic rings. The predicted molar refractivity (Wildman–Crippen MR) is 96.9 cm³/mol. The number of ether oxygens (including phenoxy) is 1. The summed E-state index contributed by atoms with van der Waals surface area (Å²) < 4.78 is 5.09. The van der Waals surface area contributed by atoms with Gasteiger partial charge in [0.15, 0.2) is 0 Å². The number of benzene rings is 1. The van der Waals surface area contributed by atoms with E-state index in [0.717, 1.165) is 17.5 Å². The number of nitriles is 1. The van der Waals surface area contributed by atoms with Crippen molar-refractivity contribution in [1.29, 1.82) is 5.26 Å². The Morgan fingerprint density at radius 2 is 2.23 bits per heavy atom. The number of nitro groups is 1. The van der Waals surface area contributed by atoms with Gasteiger partial charge in [0, 0.05) is 30.6 Å². The number of aromatic nitrogens is 1. The minimum atomic E-state index is -0.530. The number of pyridine rings is 1. The summed E-state index contributed by atoms with van der Waals surface area (Å²) in [6.45, 7) is 2.08. The fourth-order valence-electron chi connectivity index (χ4n) is 2.23. The number of rotatable bonds is 7. The predicted octanol–water partition coefficient (Wildman–Crippen LogP) is 3.05.